The summed E-state index contributed by atoms with van der Waals surface area (Å²) in [5.41, 5.74) is 0.0488. The van der Waals surface area contributed by atoms with E-state index in [4.69, 9.17) is 14.2 Å². The van der Waals surface area contributed by atoms with E-state index < -0.39 is 5.54 Å². The van der Waals surface area contributed by atoms with Gasteiger partial charge < -0.3 is 19.5 Å². The smallest absolute Gasteiger partial charge is 0.221 e. The molecular formula is C19H28N2O4. The minimum atomic E-state index is -0.847. The molecule has 0 bridgehead atoms. The largest absolute Gasteiger partial charge is 0.493 e. The van der Waals surface area contributed by atoms with Crippen LogP contribution in [0.15, 0.2) is 12.1 Å². The monoisotopic (exact) mass is 348 g/mol. The first kappa shape index (κ1) is 20.6. The van der Waals surface area contributed by atoms with Crippen molar-refractivity contribution in [2.24, 2.45) is 5.92 Å². The third-order valence-electron chi connectivity index (χ3n) is 3.84. The molecule has 1 amide bonds. The number of nitriles is 1. The summed E-state index contributed by atoms with van der Waals surface area (Å²) in [6.45, 7) is 5.81. The molecule has 0 radical (unpaired) electrons. The lowest BCUT2D eigenvalue weighted by atomic mass is 9.92. The number of ether oxygens (including phenoxy) is 3. The Morgan fingerprint density at radius 1 is 1.20 bits per heavy atom. The molecule has 0 heterocycles. The van der Waals surface area contributed by atoms with Crippen molar-refractivity contribution < 1.29 is 19.0 Å². The number of carbonyl (C=O) groups excluding carboxylic acids is 1. The van der Waals surface area contributed by atoms with Crippen molar-refractivity contribution in [1.82, 2.24) is 5.32 Å². The quantitative estimate of drug-likeness (QED) is 0.742. The number of amides is 1. The van der Waals surface area contributed by atoms with Crippen LogP contribution in [0.5, 0.6) is 17.2 Å². The summed E-state index contributed by atoms with van der Waals surface area (Å²) >= 11 is 0. The molecule has 6 nitrogen and oxygen atoms in total. The highest BCUT2D eigenvalue weighted by Gasteiger charge is 2.27. The number of methoxy groups -OCH3 is 3. The first-order valence-electron chi connectivity index (χ1n) is 8.29. The van der Waals surface area contributed by atoms with Gasteiger partial charge in [0, 0.05) is 6.42 Å². The second kappa shape index (κ2) is 9.16. The molecule has 0 aromatic heterocycles. The van der Waals surface area contributed by atoms with Crippen LogP contribution in [-0.2, 0) is 11.2 Å². The molecule has 1 rings (SSSR count). The van der Waals surface area contributed by atoms with Gasteiger partial charge in [0.15, 0.2) is 11.5 Å². The fourth-order valence-electron chi connectivity index (χ4n) is 2.85. The summed E-state index contributed by atoms with van der Waals surface area (Å²) in [6.07, 6.45) is 1.39. The van der Waals surface area contributed by atoms with Crippen LogP contribution in [-0.4, -0.2) is 32.8 Å². The Balaban J connectivity index is 2.81. The summed E-state index contributed by atoms with van der Waals surface area (Å²) in [5.74, 6) is 1.79. The molecule has 0 spiro atoms. The van der Waals surface area contributed by atoms with Crippen molar-refractivity contribution in [2.75, 3.05) is 21.3 Å². The number of aryl methyl sites for hydroxylation is 1. The van der Waals surface area contributed by atoms with E-state index >= 15 is 0 Å². The zero-order valence-electron chi connectivity index (χ0n) is 15.9. The number of hydrogen-bond donors (Lipinski definition) is 1. The minimum absolute atomic E-state index is 0.154. The predicted molar refractivity (Wildman–Crippen MR) is 96.0 cm³/mol. The molecule has 0 aliphatic rings. The van der Waals surface area contributed by atoms with Crippen LogP contribution in [0.1, 0.15) is 39.2 Å². The Hall–Kier alpha value is -2.42. The molecule has 1 aromatic carbocycles. The fraction of sp³-hybridized carbons (Fsp3) is 0.579. The van der Waals surface area contributed by atoms with Crippen LogP contribution in [0.3, 0.4) is 0 Å². The van der Waals surface area contributed by atoms with Crippen molar-refractivity contribution >= 4 is 5.91 Å². The van der Waals surface area contributed by atoms with E-state index in [9.17, 15) is 10.1 Å². The van der Waals surface area contributed by atoms with Gasteiger partial charge in [-0.25, -0.2) is 0 Å². The molecule has 0 aliphatic carbocycles. The fourth-order valence-corrected chi connectivity index (χ4v) is 2.85. The number of rotatable bonds is 9. The van der Waals surface area contributed by atoms with Crippen LogP contribution in [0, 0.1) is 17.2 Å². The predicted octanol–water partition coefficient (Wildman–Crippen LogP) is 3.09. The molecule has 0 aliphatic heterocycles. The normalized spacial score (nSPS) is 12.9. The van der Waals surface area contributed by atoms with Gasteiger partial charge in [-0.2, -0.15) is 5.26 Å². The lowest BCUT2D eigenvalue weighted by Gasteiger charge is -2.25. The van der Waals surface area contributed by atoms with Gasteiger partial charge in [0.25, 0.3) is 0 Å². The van der Waals surface area contributed by atoms with Crippen LogP contribution in [0.25, 0.3) is 0 Å². The van der Waals surface area contributed by atoms with Gasteiger partial charge in [0.1, 0.15) is 5.54 Å². The molecule has 1 N–H and O–H groups in total. The zero-order valence-corrected chi connectivity index (χ0v) is 15.9. The number of nitrogens with zero attached hydrogens (tertiary/aromatic N) is 1. The average molecular weight is 348 g/mol. The number of benzene rings is 1. The van der Waals surface area contributed by atoms with Gasteiger partial charge >= 0.3 is 0 Å². The summed E-state index contributed by atoms with van der Waals surface area (Å²) in [6, 6.07) is 5.85. The zero-order chi connectivity index (χ0) is 19.0. The molecule has 0 fully saturated rings. The van der Waals surface area contributed by atoms with Crippen LogP contribution in [0.4, 0.5) is 0 Å². The maximum atomic E-state index is 12.3. The second-order valence-corrected chi connectivity index (χ2v) is 6.62. The first-order chi connectivity index (χ1) is 11.8. The van der Waals surface area contributed by atoms with Gasteiger partial charge in [0.2, 0.25) is 11.7 Å². The highest BCUT2D eigenvalue weighted by Crippen LogP contribution is 2.38. The lowest BCUT2D eigenvalue weighted by Crippen LogP contribution is -2.45. The van der Waals surface area contributed by atoms with Gasteiger partial charge in [-0.15, -0.1) is 0 Å². The Morgan fingerprint density at radius 3 is 2.16 bits per heavy atom. The summed E-state index contributed by atoms with van der Waals surface area (Å²) in [5, 5.41) is 12.2. The molecule has 0 saturated carbocycles. The topological polar surface area (TPSA) is 80.6 Å². The van der Waals surface area contributed by atoms with E-state index in [0.717, 1.165) is 5.56 Å². The number of hydrogen-bond acceptors (Lipinski definition) is 5. The average Bonchev–Trinajstić information content (AvgIpc) is 2.57. The van der Waals surface area contributed by atoms with Crippen LogP contribution < -0.4 is 19.5 Å². The Kier molecular flexibility index (Phi) is 7.56. The first-order valence-corrected chi connectivity index (χ1v) is 8.29. The molecule has 1 aromatic rings. The van der Waals surface area contributed by atoms with Gasteiger partial charge in [-0.05, 0) is 43.4 Å². The molecule has 138 valence electrons. The van der Waals surface area contributed by atoms with E-state index in [1.807, 2.05) is 26.0 Å². The minimum Gasteiger partial charge on any atom is -0.493 e. The molecule has 25 heavy (non-hydrogen) atoms. The molecule has 6 heteroatoms. The molecular weight excluding hydrogens is 320 g/mol. The van der Waals surface area contributed by atoms with Crippen LogP contribution >= 0.6 is 0 Å². The SMILES string of the molecule is COc1cc(CCC(=O)N[C@](C)(C#N)CC(C)C)cc(OC)c1OC. The highest BCUT2D eigenvalue weighted by molar-refractivity contribution is 5.77. The maximum Gasteiger partial charge on any atom is 0.221 e. The number of nitrogens with one attached hydrogen (secondary N) is 1. The molecule has 0 unspecified atom stereocenters. The van der Waals surface area contributed by atoms with Crippen molar-refractivity contribution in [3.63, 3.8) is 0 Å². The third-order valence-corrected chi connectivity index (χ3v) is 3.84. The van der Waals surface area contributed by atoms with Gasteiger partial charge in [0.05, 0.1) is 27.4 Å². The second-order valence-electron chi connectivity index (χ2n) is 6.62. The Bertz CT molecular complexity index is 612. The highest BCUT2D eigenvalue weighted by atomic mass is 16.5. The molecule has 1 atom stereocenters. The summed E-state index contributed by atoms with van der Waals surface area (Å²) < 4.78 is 15.9. The molecule has 0 saturated heterocycles. The van der Waals surface area contributed by atoms with E-state index in [1.54, 1.807) is 28.3 Å². The maximum absolute atomic E-state index is 12.3. The van der Waals surface area contributed by atoms with E-state index in [1.165, 1.54) is 0 Å². The van der Waals surface area contributed by atoms with Gasteiger partial charge in [-0.3, -0.25) is 4.79 Å². The van der Waals surface area contributed by atoms with Crippen molar-refractivity contribution in [1.29, 1.82) is 5.26 Å². The summed E-state index contributed by atoms with van der Waals surface area (Å²) in [4.78, 5) is 12.3. The van der Waals surface area contributed by atoms with E-state index in [-0.39, 0.29) is 12.3 Å². The Labute approximate surface area is 150 Å². The third kappa shape index (κ3) is 5.86. The lowest BCUT2D eigenvalue weighted by molar-refractivity contribution is -0.122. The van der Waals surface area contributed by atoms with Crippen molar-refractivity contribution in [2.45, 2.75) is 45.6 Å². The Morgan fingerprint density at radius 2 is 1.76 bits per heavy atom. The standard InChI is InChI=1S/C19H28N2O4/c1-13(2)11-19(3,12-20)21-17(22)8-7-14-9-15(23-4)18(25-6)16(10-14)24-5/h9-10,13H,7-8,11H2,1-6H3,(H,21,22)/t19-/m0/s1. The van der Waals surface area contributed by atoms with E-state index in [0.29, 0.717) is 36.0 Å². The van der Waals surface area contributed by atoms with E-state index in [2.05, 4.69) is 11.4 Å². The van der Waals surface area contributed by atoms with Crippen LogP contribution in [0.2, 0.25) is 0 Å². The van der Waals surface area contributed by atoms with Crippen molar-refractivity contribution in [3.05, 3.63) is 17.7 Å². The number of carbonyl (C=O) groups is 1. The van der Waals surface area contributed by atoms with Gasteiger partial charge in [-0.1, -0.05) is 13.8 Å². The summed E-state index contributed by atoms with van der Waals surface area (Å²) in [7, 11) is 4.65. The van der Waals surface area contributed by atoms with Crippen molar-refractivity contribution in [3.8, 4) is 23.3 Å².